The van der Waals surface area contributed by atoms with E-state index in [1.54, 1.807) is 0 Å². The molecule has 2 unspecified atom stereocenters. The van der Waals surface area contributed by atoms with E-state index >= 15 is 0 Å². The first-order valence-corrected chi connectivity index (χ1v) is 5.80. The molecule has 0 radical (unpaired) electrons. The summed E-state index contributed by atoms with van der Waals surface area (Å²) >= 11 is 0. The van der Waals surface area contributed by atoms with Gasteiger partial charge in [-0.3, -0.25) is 4.79 Å². The highest BCUT2D eigenvalue weighted by Gasteiger charge is 2.31. The van der Waals surface area contributed by atoms with Crippen molar-refractivity contribution in [3.8, 4) is 0 Å². The highest BCUT2D eigenvalue weighted by atomic mass is 16.1. The molecule has 1 heteroatoms. The molecule has 74 valence electrons. The summed E-state index contributed by atoms with van der Waals surface area (Å²) in [6.07, 6.45) is 8.61. The molecular weight excluding hydrogens is 160 g/mol. The number of Topliss-reactive ketones (excluding diaryl/α,β-unsaturated/α-hetero) is 1. The molecule has 13 heavy (non-hydrogen) atoms. The van der Waals surface area contributed by atoms with E-state index in [4.69, 9.17) is 0 Å². The standard InChI is InChI=1S/C12H20O/c1-9-4-2-7-11(9)12(13)8-10-5-3-6-10/h9-11H,2-8H2,1H3. The van der Waals surface area contributed by atoms with Gasteiger partial charge in [-0.15, -0.1) is 0 Å². The molecule has 2 fully saturated rings. The monoisotopic (exact) mass is 180 g/mol. The first kappa shape index (κ1) is 9.23. The van der Waals surface area contributed by atoms with Crippen LogP contribution in [0.25, 0.3) is 0 Å². The summed E-state index contributed by atoms with van der Waals surface area (Å²) in [7, 11) is 0. The van der Waals surface area contributed by atoms with Gasteiger partial charge in [0.25, 0.3) is 0 Å². The fraction of sp³-hybridized carbons (Fsp3) is 0.917. The second-order valence-corrected chi connectivity index (χ2v) is 4.98. The first-order chi connectivity index (χ1) is 6.27. The van der Waals surface area contributed by atoms with Gasteiger partial charge in [-0.25, -0.2) is 0 Å². The maximum Gasteiger partial charge on any atom is 0.136 e. The zero-order valence-electron chi connectivity index (χ0n) is 8.59. The van der Waals surface area contributed by atoms with Crippen LogP contribution >= 0.6 is 0 Å². The van der Waals surface area contributed by atoms with E-state index in [0.717, 1.165) is 12.3 Å². The second kappa shape index (κ2) is 3.81. The molecule has 0 heterocycles. The number of carbonyl (C=O) groups excluding carboxylic acids is 1. The lowest BCUT2D eigenvalue weighted by Gasteiger charge is -2.26. The topological polar surface area (TPSA) is 17.1 Å². The molecule has 2 aliphatic rings. The summed E-state index contributed by atoms with van der Waals surface area (Å²) in [6, 6.07) is 0. The van der Waals surface area contributed by atoms with Crippen LogP contribution in [-0.2, 0) is 4.79 Å². The van der Waals surface area contributed by atoms with Crippen molar-refractivity contribution in [2.45, 2.75) is 51.9 Å². The molecule has 0 bridgehead atoms. The minimum Gasteiger partial charge on any atom is -0.299 e. The molecule has 0 saturated heterocycles. The fourth-order valence-corrected chi connectivity index (χ4v) is 2.76. The van der Waals surface area contributed by atoms with E-state index in [2.05, 4.69) is 6.92 Å². The Morgan fingerprint density at radius 2 is 1.85 bits per heavy atom. The van der Waals surface area contributed by atoms with Crippen molar-refractivity contribution in [3.63, 3.8) is 0 Å². The normalized spacial score (nSPS) is 34.5. The van der Waals surface area contributed by atoms with Crippen LogP contribution in [0, 0.1) is 17.8 Å². The van der Waals surface area contributed by atoms with Crippen LogP contribution in [0.3, 0.4) is 0 Å². The molecule has 0 aromatic carbocycles. The molecule has 0 aromatic rings. The Labute approximate surface area is 80.9 Å². The van der Waals surface area contributed by atoms with Gasteiger partial charge in [0.05, 0.1) is 0 Å². The molecular formula is C12H20O. The van der Waals surface area contributed by atoms with E-state index in [9.17, 15) is 4.79 Å². The number of rotatable bonds is 3. The van der Waals surface area contributed by atoms with Crippen LogP contribution in [0.2, 0.25) is 0 Å². The Morgan fingerprint density at radius 3 is 2.31 bits per heavy atom. The van der Waals surface area contributed by atoms with Crippen molar-refractivity contribution >= 4 is 5.78 Å². The van der Waals surface area contributed by atoms with Gasteiger partial charge in [0.15, 0.2) is 0 Å². The van der Waals surface area contributed by atoms with E-state index in [1.165, 1.54) is 38.5 Å². The molecule has 0 spiro atoms. The SMILES string of the molecule is CC1CCCC1C(=O)CC1CCC1. The van der Waals surface area contributed by atoms with Crippen molar-refractivity contribution in [2.75, 3.05) is 0 Å². The predicted octanol–water partition coefficient (Wildman–Crippen LogP) is 3.18. The van der Waals surface area contributed by atoms with Gasteiger partial charge in [-0.2, -0.15) is 0 Å². The molecule has 2 atom stereocenters. The molecule has 2 aliphatic carbocycles. The third-order valence-electron chi connectivity index (χ3n) is 3.99. The van der Waals surface area contributed by atoms with Gasteiger partial charge in [-0.05, 0) is 24.7 Å². The highest BCUT2D eigenvalue weighted by Crippen LogP contribution is 2.36. The minimum absolute atomic E-state index is 0.431. The van der Waals surface area contributed by atoms with Crippen molar-refractivity contribution in [2.24, 2.45) is 17.8 Å². The van der Waals surface area contributed by atoms with Crippen LogP contribution in [0.4, 0.5) is 0 Å². The summed E-state index contributed by atoms with van der Waals surface area (Å²) in [5, 5.41) is 0. The molecule has 1 nitrogen and oxygen atoms in total. The molecule has 2 rings (SSSR count). The Hall–Kier alpha value is -0.330. The predicted molar refractivity (Wildman–Crippen MR) is 53.5 cm³/mol. The average molecular weight is 180 g/mol. The minimum atomic E-state index is 0.431. The van der Waals surface area contributed by atoms with Crippen LogP contribution in [0.5, 0.6) is 0 Å². The van der Waals surface area contributed by atoms with Gasteiger partial charge in [0.1, 0.15) is 5.78 Å². The van der Waals surface area contributed by atoms with Crippen molar-refractivity contribution < 1.29 is 4.79 Å². The van der Waals surface area contributed by atoms with Gasteiger partial charge < -0.3 is 0 Å². The van der Waals surface area contributed by atoms with Crippen LogP contribution in [-0.4, -0.2) is 5.78 Å². The molecule has 0 aliphatic heterocycles. The van der Waals surface area contributed by atoms with E-state index in [1.807, 2.05) is 0 Å². The Balaban J connectivity index is 1.81. The van der Waals surface area contributed by atoms with Crippen molar-refractivity contribution in [1.29, 1.82) is 0 Å². The number of carbonyl (C=O) groups is 1. The lowest BCUT2D eigenvalue weighted by atomic mass is 9.78. The van der Waals surface area contributed by atoms with E-state index < -0.39 is 0 Å². The third-order valence-corrected chi connectivity index (χ3v) is 3.99. The van der Waals surface area contributed by atoms with Crippen molar-refractivity contribution in [3.05, 3.63) is 0 Å². The summed E-state index contributed by atoms with van der Waals surface area (Å²) < 4.78 is 0. The lowest BCUT2D eigenvalue weighted by molar-refractivity contribution is -0.125. The summed E-state index contributed by atoms with van der Waals surface area (Å²) in [6.45, 7) is 2.25. The summed E-state index contributed by atoms with van der Waals surface area (Å²) in [5.41, 5.74) is 0. The maximum atomic E-state index is 11.9. The van der Waals surface area contributed by atoms with Crippen molar-refractivity contribution in [1.82, 2.24) is 0 Å². The number of ketones is 1. The summed E-state index contributed by atoms with van der Waals surface area (Å²) in [4.78, 5) is 11.9. The van der Waals surface area contributed by atoms with E-state index in [0.29, 0.717) is 17.6 Å². The maximum absolute atomic E-state index is 11.9. The first-order valence-electron chi connectivity index (χ1n) is 5.80. The second-order valence-electron chi connectivity index (χ2n) is 4.98. The Morgan fingerprint density at radius 1 is 1.15 bits per heavy atom. The van der Waals surface area contributed by atoms with Crippen LogP contribution in [0.1, 0.15) is 51.9 Å². The smallest absolute Gasteiger partial charge is 0.136 e. The molecule has 0 N–H and O–H groups in total. The number of hydrogen-bond donors (Lipinski definition) is 0. The zero-order chi connectivity index (χ0) is 9.26. The lowest BCUT2D eigenvalue weighted by Crippen LogP contribution is -2.23. The Bertz CT molecular complexity index is 193. The average Bonchev–Trinajstić information content (AvgIpc) is 2.43. The zero-order valence-corrected chi connectivity index (χ0v) is 8.59. The highest BCUT2D eigenvalue weighted by molar-refractivity contribution is 5.81. The quantitative estimate of drug-likeness (QED) is 0.652. The third kappa shape index (κ3) is 1.95. The van der Waals surface area contributed by atoms with E-state index in [-0.39, 0.29) is 0 Å². The summed E-state index contributed by atoms with van der Waals surface area (Å²) in [5.74, 6) is 2.45. The van der Waals surface area contributed by atoms with Crippen LogP contribution in [0.15, 0.2) is 0 Å². The Kier molecular flexibility index (Phi) is 2.71. The van der Waals surface area contributed by atoms with Gasteiger partial charge >= 0.3 is 0 Å². The van der Waals surface area contributed by atoms with Gasteiger partial charge in [-0.1, -0.05) is 32.6 Å². The molecule has 0 aromatic heterocycles. The largest absolute Gasteiger partial charge is 0.299 e. The molecule has 2 saturated carbocycles. The fourth-order valence-electron chi connectivity index (χ4n) is 2.76. The molecule has 0 amide bonds. The van der Waals surface area contributed by atoms with Gasteiger partial charge in [0.2, 0.25) is 0 Å². The van der Waals surface area contributed by atoms with Crippen LogP contribution < -0.4 is 0 Å². The number of hydrogen-bond acceptors (Lipinski definition) is 1. The van der Waals surface area contributed by atoms with Gasteiger partial charge in [0, 0.05) is 12.3 Å².